The van der Waals surface area contributed by atoms with Crippen molar-refractivity contribution in [1.82, 2.24) is 5.32 Å². The molecule has 1 N–H and O–H groups in total. The topological polar surface area (TPSA) is 39.7 Å². The van der Waals surface area contributed by atoms with Crippen LogP contribution in [-0.4, -0.2) is 34.0 Å². The minimum atomic E-state index is 0.157. The third kappa shape index (κ3) is 4.90. The molecule has 1 aromatic carbocycles. The molecule has 1 unspecified atom stereocenters. The fourth-order valence-electron chi connectivity index (χ4n) is 2.32. The zero-order chi connectivity index (χ0) is 15.1. The maximum atomic E-state index is 5.88. The van der Waals surface area contributed by atoms with Gasteiger partial charge in [-0.2, -0.15) is 0 Å². The molecule has 1 aliphatic carbocycles. The molecule has 1 saturated carbocycles. The smallest absolute Gasteiger partial charge is 0.127 e. The molecule has 4 nitrogen and oxygen atoms in total. The van der Waals surface area contributed by atoms with Gasteiger partial charge in [-0.1, -0.05) is 6.92 Å². The Morgan fingerprint density at radius 1 is 1.24 bits per heavy atom. The maximum Gasteiger partial charge on any atom is 0.127 e. The second-order valence-corrected chi connectivity index (χ2v) is 5.60. The quantitative estimate of drug-likeness (QED) is 0.719. The van der Waals surface area contributed by atoms with Crippen LogP contribution >= 0.6 is 0 Å². The van der Waals surface area contributed by atoms with E-state index in [1.807, 2.05) is 12.1 Å². The van der Waals surface area contributed by atoms with Crippen LogP contribution in [0.3, 0.4) is 0 Å². The zero-order valence-electron chi connectivity index (χ0n) is 13.4. The normalized spacial score (nSPS) is 15.8. The van der Waals surface area contributed by atoms with Crippen molar-refractivity contribution < 1.29 is 14.2 Å². The summed E-state index contributed by atoms with van der Waals surface area (Å²) in [6.07, 6.45) is 3.73. The van der Waals surface area contributed by atoms with E-state index < -0.39 is 0 Å². The van der Waals surface area contributed by atoms with E-state index >= 15 is 0 Å². The lowest BCUT2D eigenvalue weighted by Gasteiger charge is -2.21. The minimum Gasteiger partial charge on any atom is -0.497 e. The number of methoxy groups -OCH3 is 2. The van der Waals surface area contributed by atoms with Gasteiger partial charge in [0, 0.05) is 18.2 Å². The van der Waals surface area contributed by atoms with E-state index in [2.05, 4.69) is 18.3 Å². The maximum absolute atomic E-state index is 5.88. The summed E-state index contributed by atoms with van der Waals surface area (Å²) in [5.74, 6) is 2.44. The van der Waals surface area contributed by atoms with E-state index in [0.717, 1.165) is 42.6 Å². The summed E-state index contributed by atoms with van der Waals surface area (Å²) in [7, 11) is 3.36. The van der Waals surface area contributed by atoms with Crippen LogP contribution in [0.5, 0.6) is 11.5 Å². The van der Waals surface area contributed by atoms with Gasteiger partial charge in [-0.25, -0.2) is 0 Å². The number of ether oxygens (including phenoxy) is 3. The molecule has 0 saturated heterocycles. The molecule has 0 aliphatic heterocycles. The lowest BCUT2D eigenvalue weighted by molar-refractivity contribution is 0.102. The minimum absolute atomic E-state index is 0.157. The molecule has 118 valence electrons. The molecule has 0 aromatic heterocycles. The van der Waals surface area contributed by atoms with E-state index in [1.165, 1.54) is 12.8 Å². The molecule has 0 radical (unpaired) electrons. The fourth-order valence-corrected chi connectivity index (χ4v) is 2.32. The third-order valence-electron chi connectivity index (χ3n) is 3.79. The number of nitrogens with one attached hydrogen (secondary N) is 1. The Balaban J connectivity index is 2.05. The lowest BCUT2D eigenvalue weighted by Crippen LogP contribution is -2.27. The van der Waals surface area contributed by atoms with Crippen molar-refractivity contribution in [2.45, 2.75) is 32.2 Å². The SMILES string of the molecule is CCCNC(COCC1CC1)c1ccc(OC)cc1OC. The number of hydrogen-bond acceptors (Lipinski definition) is 4. The van der Waals surface area contributed by atoms with Crippen molar-refractivity contribution >= 4 is 0 Å². The van der Waals surface area contributed by atoms with Crippen LogP contribution in [0, 0.1) is 5.92 Å². The van der Waals surface area contributed by atoms with E-state index in [4.69, 9.17) is 14.2 Å². The molecular formula is C17H27NO3. The van der Waals surface area contributed by atoms with E-state index in [-0.39, 0.29) is 6.04 Å². The fraction of sp³-hybridized carbons (Fsp3) is 0.647. The summed E-state index contributed by atoms with van der Waals surface area (Å²) >= 11 is 0. The Labute approximate surface area is 127 Å². The van der Waals surface area contributed by atoms with Crippen molar-refractivity contribution in [2.75, 3.05) is 34.0 Å². The van der Waals surface area contributed by atoms with Gasteiger partial charge in [-0.3, -0.25) is 0 Å². The first-order valence-electron chi connectivity index (χ1n) is 7.81. The molecule has 1 aromatic rings. The summed E-state index contributed by atoms with van der Waals surface area (Å²) in [5.41, 5.74) is 1.13. The predicted molar refractivity (Wildman–Crippen MR) is 84.1 cm³/mol. The molecule has 1 aliphatic rings. The molecule has 2 rings (SSSR count). The number of rotatable bonds is 10. The van der Waals surface area contributed by atoms with E-state index in [0.29, 0.717) is 6.61 Å². The van der Waals surface area contributed by atoms with Crippen LogP contribution in [0.4, 0.5) is 0 Å². The first-order valence-corrected chi connectivity index (χ1v) is 7.81. The first kappa shape index (κ1) is 16.1. The Hall–Kier alpha value is -1.26. The van der Waals surface area contributed by atoms with Gasteiger partial charge < -0.3 is 19.5 Å². The van der Waals surface area contributed by atoms with E-state index in [9.17, 15) is 0 Å². The Morgan fingerprint density at radius 3 is 2.67 bits per heavy atom. The summed E-state index contributed by atoms with van der Waals surface area (Å²) in [6.45, 7) is 4.69. The molecule has 0 heterocycles. The van der Waals surface area contributed by atoms with Crippen molar-refractivity contribution in [3.05, 3.63) is 23.8 Å². The largest absolute Gasteiger partial charge is 0.497 e. The Bertz CT molecular complexity index is 432. The van der Waals surface area contributed by atoms with Gasteiger partial charge in [0.1, 0.15) is 11.5 Å². The monoisotopic (exact) mass is 293 g/mol. The van der Waals surface area contributed by atoms with Gasteiger partial charge in [0.25, 0.3) is 0 Å². The van der Waals surface area contributed by atoms with Crippen molar-refractivity contribution in [1.29, 1.82) is 0 Å². The second-order valence-electron chi connectivity index (χ2n) is 5.60. The molecule has 0 bridgehead atoms. The summed E-state index contributed by atoms with van der Waals surface area (Å²) in [6, 6.07) is 6.12. The molecule has 4 heteroatoms. The van der Waals surface area contributed by atoms with Gasteiger partial charge in [0.05, 0.1) is 26.9 Å². The van der Waals surface area contributed by atoms with Crippen LogP contribution in [0.2, 0.25) is 0 Å². The highest BCUT2D eigenvalue weighted by molar-refractivity contribution is 5.42. The standard InChI is InChI=1S/C17H27NO3/c1-4-9-18-16(12-21-11-13-5-6-13)15-8-7-14(19-2)10-17(15)20-3/h7-8,10,13,16,18H,4-6,9,11-12H2,1-3H3. The summed E-state index contributed by atoms with van der Waals surface area (Å²) in [5, 5.41) is 3.55. The van der Waals surface area contributed by atoms with Crippen LogP contribution < -0.4 is 14.8 Å². The van der Waals surface area contributed by atoms with Gasteiger partial charge in [0.2, 0.25) is 0 Å². The number of hydrogen-bond donors (Lipinski definition) is 1. The molecule has 1 fully saturated rings. The van der Waals surface area contributed by atoms with Gasteiger partial charge >= 0.3 is 0 Å². The molecule has 1 atom stereocenters. The molecular weight excluding hydrogens is 266 g/mol. The van der Waals surface area contributed by atoms with Gasteiger partial charge in [-0.15, -0.1) is 0 Å². The number of benzene rings is 1. The van der Waals surface area contributed by atoms with Crippen LogP contribution in [0.25, 0.3) is 0 Å². The predicted octanol–water partition coefficient (Wildman–Crippen LogP) is 3.17. The van der Waals surface area contributed by atoms with Crippen molar-refractivity contribution in [3.63, 3.8) is 0 Å². The van der Waals surface area contributed by atoms with E-state index in [1.54, 1.807) is 14.2 Å². The van der Waals surface area contributed by atoms with Gasteiger partial charge in [-0.05, 0) is 43.9 Å². The van der Waals surface area contributed by atoms with Crippen LogP contribution in [0.15, 0.2) is 18.2 Å². The summed E-state index contributed by atoms with van der Waals surface area (Å²) in [4.78, 5) is 0. The molecule has 0 amide bonds. The van der Waals surface area contributed by atoms with Crippen molar-refractivity contribution in [3.8, 4) is 11.5 Å². The highest BCUT2D eigenvalue weighted by atomic mass is 16.5. The van der Waals surface area contributed by atoms with Gasteiger partial charge in [0.15, 0.2) is 0 Å². The second kappa shape index (κ2) is 8.25. The molecule has 0 spiro atoms. The highest BCUT2D eigenvalue weighted by Crippen LogP contribution is 2.31. The summed E-state index contributed by atoms with van der Waals surface area (Å²) < 4.78 is 16.7. The van der Waals surface area contributed by atoms with Crippen LogP contribution in [0.1, 0.15) is 37.8 Å². The average molecular weight is 293 g/mol. The third-order valence-corrected chi connectivity index (χ3v) is 3.79. The lowest BCUT2D eigenvalue weighted by atomic mass is 10.1. The first-order chi connectivity index (χ1) is 10.3. The van der Waals surface area contributed by atoms with Crippen molar-refractivity contribution in [2.24, 2.45) is 5.92 Å². The average Bonchev–Trinajstić information content (AvgIpc) is 3.34. The molecule has 21 heavy (non-hydrogen) atoms. The Morgan fingerprint density at radius 2 is 2.05 bits per heavy atom. The van der Waals surface area contributed by atoms with Crippen LogP contribution in [-0.2, 0) is 4.74 Å². The zero-order valence-corrected chi connectivity index (χ0v) is 13.4. The highest BCUT2D eigenvalue weighted by Gasteiger charge is 2.23. The Kier molecular flexibility index (Phi) is 6.33.